The Bertz CT molecular complexity index is 1030. The molecule has 1 aliphatic heterocycles. The van der Waals surface area contributed by atoms with Crippen molar-refractivity contribution in [2.24, 2.45) is 5.92 Å². The van der Waals surface area contributed by atoms with Gasteiger partial charge in [-0.05, 0) is 91.4 Å². The number of rotatable bonds is 6. The molecule has 0 bridgehead atoms. The summed E-state index contributed by atoms with van der Waals surface area (Å²) in [5, 5.41) is 3.64. The number of nitrogens with one attached hydrogen (secondary N) is 1. The van der Waals surface area contributed by atoms with E-state index in [1.165, 1.54) is 31.7 Å². The average Bonchev–Trinajstić information content (AvgIpc) is 3.33. The fourth-order valence-electron chi connectivity index (χ4n) is 5.30. The van der Waals surface area contributed by atoms with E-state index in [4.69, 9.17) is 4.74 Å². The maximum atomic E-state index is 14.7. The van der Waals surface area contributed by atoms with Gasteiger partial charge in [0.25, 0.3) is 5.91 Å². The van der Waals surface area contributed by atoms with Gasteiger partial charge in [0.1, 0.15) is 5.82 Å². The molecule has 2 fully saturated rings. The smallest absolute Gasteiger partial charge is 0.311 e. The van der Waals surface area contributed by atoms with Gasteiger partial charge in [-0.2, -0.15) is 0 Å². The van der Waals surface area contributed by atoms with Crippen molar-refractivity contribution < 1.29 is 18.7 Å². The van der Waals surface area contributed by atoms with E-state index < -0.39 is 17.8 Å². The summed E-state index contributed by atoms with van der Waals surface area (Å²) in [6, 6.07) is 10.7. The lowest BCUT2D eigenvalue weighted by Crippen LogP contribution is -2.46. The molecule has 0 radical (unpaired) electrons. The molecule has 2 atom stereocenters. The lowest BCUT2D eigenvalue weighted by atomic mass is 9.84. The van der Waals surface area contributed by atoms with Crippen LogP contribution in [0, 0.1) is 22.2 Å². The van der Waals surface area contributed by atoms with Crippen molar-refractivity contribution in [3.05, 3.63) is 62.5 Å². The lowest BCUT2D eigenvalue weighted by molar-refractivity contribution is -0.151. The summed E-state index contributed by atoms with van der Waals surface area (Å²) >= 11 is 2.31. The van der Waals surface area contributed by atoms with Crippen molar-refractivity contribution in [2.45, 2.75) is 64.5 Å². The quantitative estimate of drug-likeness (QED) is 0.325. The Morgan fingerprint density at radius 3 is 2.59 bits per heavy atom. The van der Waals surface area contributed by atoms with Crippen molar-refractivity contribution in [3.8, 4) is 0 Å². The van der Waals surface area contributed by atoms with Crippen LogP contribution in [0.15, 0.2) is 36.4 Å². The molecule has 1 heterocycles. The van der Waals surface area contributed by atoms with Gasteiger partial charge in [0.2, 0.25) is 0 Å². The fraction of sp³-hybridized carbons (Fsp3) is 0.481. The van der Waals surface area contributed by atoms with Crippen molar-refractivity contribution >= 4 is 40.2 Å². The summed E-state index contributed by atoms with van der Waals surface area (Å²) in [5.74, 6) is -1.71. The first-order chi connectivity index (χ1) is 16.4. The van der Waals surface area contributed by atoms with Gasteiger partial charge in [0.15, 0.2) is 0 Å². The SMILES string of the molecule is CCOC(=O)[C@H]1CCCN(C(=O)c2c(C)cccc2F)[C@H]1c1ccc(NC2CCCC2)c(I)c1. The van der Waals surface area contributed by atoms with E-state index in [9.17, 15) is 14.0 Å². The number of benzene rings is 2. The molecule has 0 spiro atoms. The highest BCUT2D eigenvalue weighted by atomic mass is 127. The van der Waals surface area contributed by atoms with Crippen LogP contribution < -0.4 is 5.32 Å². The molecule has 34 heavy (non-hydrogen) atoms. The predicted molar refractivity (Wildman–Crippen MR) is 139 cm³/mol. The highest BCUT2D eigenvalue weighted by Crippen LogP contribution is 2.40. The molecule has 1 saturated heterocycles. The number of anilines is 1. The van der Waals surface area contributed by atoms with Crippen LogP contribution in [-0.4, -0.2) is 36.0 Å². The van der Waals surface area contributed by atoms with Gasteiger partial charge in [-0.3, -0.25) is 9.59 Å². The van der Waals surface area contributed by atoms with Crippen molar-refractivity contribution in [2.75, 3.05) is 18.5 Å². The maximum Gasteiger partial charge on any atom is 0.311 e. The molecule has 182 valence electrons. The van der Waals surface area contributed by atoms with Crippen LogP contribution in [-0.2, 0) is 9.53 Å². The average molecular weight is 578 g/mol. The normalized spacial score (nSPS) is 20.9. The van der Waals surface area contributed by atoms with Gasteiger partial charge in [-0.25, -0.2) is 4.39 Å². The molecule has 2 aromatic rings. The van der Waals surface area contributed by atoms with Crippen LogP contribution in [0.4, 0.5) is 10.1 Å². The number of carbonyl (C=O) groups excluding carboxylic acids is 2. The molecule has 2 aliphatic rings. The number of likely N-dealkylation sites (tertiary alicyclic amines) is 1. The maximum absolute atomic E-state index is 14.7. The Balaban J connectivity index is 1.70. The monoisotopic (exact) mass is 578 g/mol. The van der Waals surface area contributed by atoms with Crippen LogP contribution in [0.2, 0.25) is 0 Å². The molecular formula is C27H32FIN2O3. The third kappa shape index (κ3) is 5.24. The Labute approximate surface area is 214 Å². The molecule has 1 aliphatic carbocycles. The van der Waals surface area contributed by atoms with Gasteiger partial charge in [0.05, 0.1) is 24.1 Å². The van der Waals surface area contributed by atoms with Crippen molar-refractivity contribution in [1.29, 1.82) is 0 Å². The van der Waals surface area contributed by atoms with E-state index in [0.29, 0.717) is 31.0 Å². The van der Waals surface area contributed by atoms with E-state index in [1.54, 1.807) is 30.9 Å². The zero-order valence-electron chi connectivity index (χ0n) is 19.8. The summed E-state index contributed by atoms with van der Waals surface area (Å²) in [5.41, 5.74) is 2.61. The third-order valence-corrected chi connectivity index (χ3v) is 7.86. The predicted octanol–water partition coefficient (Wildman–Crippen LogP) is 6.25. The Morgan fingerprint density at radius 2 is 1.91 bits per heavy atom. The van der Waals surface area contributed by atoms with Crippen LogP contribution in [0.3, 0.4) is 0 Å². The second kappa shape index (κ2) is 11.1. The molecule has 1 saturated carbocycles. The topological polar surface area (TPSA) is 58.6 Å². The van der Waals surface area contributed by atoms with Crippen LogP contribution >= 0.6 is 22.6 Å². The number of carbonyl (C=O) groups is 2. The molecule has 4 rings (SSSR count). The molecule has 1 amide bonds. The van der Waals surface area contributed by atoms with E-state index in [1.807, 2.05) is 12.1 Å². The summed E-state index contributed by atoms with van der Waals surface area (Å²) in [4.78, 5) is 28.3. The Morgan fingerprint density at radius 1 is 1.15 bits per heavy atom. The first-order valence-corrected chi connectivity index (χ1v) is 13.3. The highest BCUT2D eigenvalue weighted by molar-refractivity contribution is 14.1. The molecule has 0 unspecified atom stereocenters. The van der Waals surface area contributed by atoms with E-state index in [-0.39, 0.29) is 24.0 Å². The number of halogens is 2. The first-order valence-electron chi connectivity index (χ1n) is 12.2. The number of hydrogen-bond donors (Lipinski definition) is 1. The number of hydrogen-bond acceptors (Lipinski definition) is 4. The molecule has 7 heteroatoms. The number of esters is 1. The zero-order valence-corrected chi connectivity index (χ0v) is 21.9. The minimum atomic E-state index is -0.535. The van der Waals surface area contributed by atoms with Gasteiger partial charge >= 0.3 is 5.97 Å². The summed E-state index contributed by atoms with van der Waals surface area (Å²) in [7, 11) is 0. The first kappa shape index (κ1) is 24.9. The third-order valence-electron chi connectivity index (χ3n) is 6.97. The lowest BCUT2D eigenvalue weighted by Gasteiger charge is -2.41. The number of ether oxygens (including phenoxy) is 1. The van der Waals surface area contributed by atoms with Crippen molar-refractivity contribution in [1.82, 2.24) is 4.90 Å². The van der Waals surface area contributed by atoms with E-state index >= 15 is 0 Å². The van der Waals surface area contributed by atoms with Gasteiger partial charge in [-0.1, -0.05) is 31.0 Å². The molecule has 5 nitrogen and oxygen atoms in total. The zero-order chi connectivity index (χ0) is 24.2. The van der Waals surface area contributed by atoms with Gasteiger partial charge in [0, 0.05) is 21.8 Å². The summed E-state index contributed by atoms with van der Waals surface area (Å²) in [6.07, 6.45) is 6.15. The second-order valence-corrected chi connectivity index (χ2v) is 10.4. The molecule has 2 aromatic carbocycles. The summed E-state index contributed by atoms with van der Waals surface area (Å²) in [6.45, 7) is 4.27. The minimum absolute atomic E-state index is 0.0752. The number of piperidine rings is 1. The van der Waals surface area contributed by atoms with Crippen LogP contribution in [0.1, 0.15) is 73.0 Å². The standard InChI is InChI=1S/C27H32FIN2O3/c1-3-34-27(33)20-11-7-15-31(26(32)24-17(2)8-6-12-21(24)28)25(20)18-13-14-23(22(29)16-18)30-19-9-4-5-10-19/h6,8,12-14,16,19-20,25,30H,3-5,7,9-11,15H2,1-2H3/t20-,25-/m0/s1. The highest BCUT2D eigenvalue weighted by Gasteiger charge is 2.41. The Hall–Kier alpha value is -2.16. The molecular weight excluding hydrogens is 546 g/mol. The summed E-state index contributed by atoms with van der Waals surface area (Å²) < 4.78 is 21.2. The molecule has 0 aromatic heterocycles. The Kier molecular flexibility index (Phi) is 8.11. The van der Waals surface area contributed by atoms with Crippen molar-refractivity contribution in [3.63, 3.8) is 0 Å². The molecule has 1 N–H and O–H groups in total. The number of amides is 1. The largest absolute Gasteiger partial charge is 0.466 e. The van der Waals surface area contributed by atoms with E-state index in [2.05, 4.69) is 34.0 Å². The van der Waals surface area contributed by atoms with Gasteiger partial charge in [-0.15, -0.1) is 0 Å². The fourth-order valence-corrected chi connectivity index (χ4v) is 6.00. The van der Waals surface area contributed by atoms with Crippen LogP contribution in [0.25, 0.3) is 0 Å². The number of nitrogens with zero attached hydrogens (tertiary/aromatic N) is 1. The minimum Gasteiger partial charge on any atom is -0.466 e. The number of aryl methyl sites for hydroxylation is 1. The van der Waals surface area contributed by atoms with Gasteiger partial charge < -0.3 is 15.0 Å². The van der Waals surface area contributed by atoms with Crippen LogP contribution in [0.5, 0.6) is 0 Å². The van der Waals surface area contributed by atoms with E-state index in [0.717, 1.165) is 14.8 Å². The second-order valence-electron chi connectivity index (χ2n) is 9.24.